The third-order valence-electron chi connectivity index (χ3n) is 5.25. The molecular weight excluding hydrogens is 368 g/mol. The number of unbranched alkanes of at least 4 members (excludes halogenated alkanes) is 1. The Kier molecular flexibility index (Phi) is 5.37. The van der Waals surface area contributed by atoms with E-state index in [1.807, 2.05) is 6.92 Å². The molecule has 146 valence electrons. The van der Waals surface area contributed by atoms with Crippen LogP contribution < -0.4 is 0 Å². The van der Waals surface area contributed by atoms with Gasteiger partial charge in [-0.1, -0.05) is 25.5 Å². The third-order valence-corrected chi connectivity index (χ3v) is 7.01. The summed E-state index contributed by atoms with van der Waals surface area (Å²) in [7, 11) is -3.15. The van der Waals surface area contributed by atoms with Crippen molar-refractivity contribution in [2.75, 3.05) is 18.1 Å². The van der Waals surface area contributed by atoms with Gasteiger partial charge < -0.3 is 4.90 Å². The van der Waals surface area contributed by atoms with Crippen molar-refractivity contribution in [1.82, 2.24) is 9.80 Å². The van der Waals surface area contributed by atoms with Crippen molar-refractivity contribution in [2.45, 2.75) is 45.2 Å². The fourth-order valence-electron chi connectivity index (χ4n) is 3.73. The molecule has 0 N–H and O–H groups in total. The number of sulfone groups is 1. The van der Waals surface area contributed by atoms with Crippen LogP contribution in [-0.4, -0.2) is 66.1 Å². The lowest BCUT2D eigenvalue weighted by Gasteiger charge is -2.33. The molecule has 27 heavy (non-hydrogen) atoms. The Morgan fingerprint density at radius 2 is 1.81 bits per heavy atom. The molecule has 3 rings (SSSR count). The number of imide groups is 1. The van der Waals surface area contributed by atoms with Gasteiger partial charge in [0.05, 0.1) is 22.6 Å². The number of carbonyl (C=O) groups is 3. The average Bonchev–Trinajstić information content (AvgIpc) is 3.12. The molecule has 0 aliphatic carbocycles. The fraction of sp³-hybridized carbons (Fsp3) is 0.526. The van der Waals surface area contributed by atoms with Crippen molar-refractivity contribution in [3.05, 3.63) is 35.4 Å². The number of carbonyl (C=O) groups excluding carboxylic acids is 3. The van der Waals surface area contributed by atoms with Crippen molar-refractivity contribution < 1.29 is 22.8 Å². The largest absolute Gasteiger partial charge is 0.337 e. The number of amides is 3. The molecule has 1 fully saturated rings. The van der Waals surface area contributed by atoms with E-state index in [1.54, 1.807) is 29.2 Å². The number of benzene rings is 1. The Hall–Kier alpha value is -2.22. The zero-order chi connectivity index (χ0) is 19.8. The van der Waals surface area contributed by atoms with E-state index >= 15 is 0 Å². The Balaban J connectivity index is 1.84. The van der Waals surface area contributed by atoms with Gasteiger partial charge in [-0.15, -0.1) is 0 Å². The molecule has 7 nitrogen and oxygen atoms in total. The van der Waals surface area contributed by atoms with E-state index in [4.69, 9.17) is 0 Å². The predicted octanol–water partition coefficient (Wildman–Crippen LogP) is 1.49. The maximum atomic E-state index is 13.2. The van der Waals surface area contributed by atoms with Crippen molar-refractivity contribution in [2.24, 2.45) is 0 Å². The van der Waals surface area contributed by atoms with Gasteiger partial charge in [0, 0.05) is 12.6 Å². The van der Waals surface area contributed by atoms with Gasteiger partial charge >= 0.3 is 0 Å². The van der Waals surface area contributed by atoms with Crippen LogP contribution in [0.15, 0.2) is 24.3 Å². The highest BCUT2D eigenvalue weighted by atomic mass is 32.2. The van der Waals surface area contributed by atoms with Crippen LogP contribution in [0.2, 0.25) is 0 Å². The Morgan fingerprint density at radius 1 is 1.22 bits per heavy atom. The first-order valence-corrected chi connectivity index (χ1v) is 11.1. The zero-order valence-electron chi connectivity index (χ0n) is 15.6. The van der Waals surface area contributed by atoms with Gasteiger partial charge in [-0.2, -0.15) is 0 Å². The molecule has 2 atom stereocenters. The summed E-state index contributed by atoms with van der Waals surface area (Å²) >= 11 is 0. The van der Waals surface area contributed by atoms with Crippen LogP contribution in [-0.2, 0) is 14.6 Å². The van der Waals surface area contributed by atoms with E-state index < -0.39 is 33.7 Å². The summed E-state index contributed by atoms with van der Waals surface area (Å²) in [5.74, 6) is -1.33. The summed E-state index contributed by atoms with van der Waals surface area (Å²) in [6, 6.07) is 5.13. The van der Waals surface area contributed by atoms with Crippen LogP contribution in [0.5, 0.6) is 0 Å². The topological polar surface area (TPSA) is 91.8 Å². The molecular formula is C19H24N2O5S. The molecule has 8 heteroatoms. The monoisotopic (exact) mass is 392 g/mol. The number of fused-ring (bicyclic) bond motifs is 1. The van der Waals surface area contributed by atoms with Gasteiger partial charge in [-0.25, -0.2) is 8.42 Å². The van der Waals surface area contributed by atoms with Crippen LogP contribution in [0.3, 0.4) is 0 Å². The molecule has 2 aliphatic rings. The van der Waals surface area contributed by atoms with E-state index in [-0.39, 0.29) is 17.4 Å². The molecule has 0 radical (unpaired) electrons. The van der Waals surface area contributed by atoms with Gasteiger partial charge in [-0.3, -0.25) is 19.3 Å². The van der Waals surface area contributed by atoms with Crippen molar-refractivity contribution in [1.29, 1.82) is 0 Å². The van der Waals surface area contributed by atoms with Gasteiger partial charge in [0.25, 0.3) is 11.8 Å². The summed E-state index contributed by atoms with van der Waals surface area (Å²) in [5.41, 5.74) is 0.594. The molecule has 2 heterocycles. The van der Waals surface area contributed by atoms with Crippen molar-refractivity contribution in [3.8, 4) is 0 Å². The van der Waals surface area contributed by atoms with Gasteiger partial charge in [0.15, 0.2) is 9.84 Å². The third kappa shape index (κ3) is 3.63. The molecule has 0 bridgehead atoms. The highest BCUT2D eigenvalue weighted by Crippen LogP contribution is 2.26. The fourth-order valence-corrected chi connectivity index (χ4v) is 5.46. The SMILES string of the molecule is CCCCN(C(=O)C(C)N1C(=O)c2ccccc2C1=O)C1CCS(=O)(=O)C1. The first-order valence-electron chi connectivity index (χ1n) is 9.24. The number of nitrogens with zero attached hydrogens (tertiary/aromatic N) is 2. The van der Waals surface area contributed by atoms with E-state index in [2.05, 4.69) is 0 Å². The highest BCUT2D eigenvalue weighted by Gasteiger charge is 2.43. The van der Waals surface area contributed by atoms with Gasteiger partial charge in [0.1, 0.15) is 6.04 Å². The van der Waals surface area contributed by atoms with Crippen molar-refractivity contribution in [3.63, 3.8) is 0 Å². The molecule has 0 spiro atoms. The molecule has 2 unspecified atom stereocenters. The van der Waals surface area contributed by atoms with Gasteiger partial charge in [0.2, 0.25) is 5.91 Å². The minimum atomic E-state index is -3.15. The van der Waals surface area contributed by atoms with Crippen LogP contribution in [0.4, 0.5) is 0 Å². The summed E-state index contributed by atoms with van der Waals surface area (Å²) in [4.78, 5) is 41.0. The quantitative estimate of drug-likeness (QED) is 0.684. The van der Waals surface area contributed by atoms with Crippen LogP contribution in [0, 0.1) is 0 Å². The summed E-state index contributed by atoms with van der Waals surface area (Å²) < 4.78 is 23.7. The van der Waals surface area contributed by atoms with Crippen LogP contribution in [0.1, 0.15) is 53.8 Å². The van der Waals surface area contributed by atoms with Gasteiger partial charge in [-0.05, 0) is 31.9 Å². The van der Waals surface area contributed by atoms with E-state index in [0.29, 0.717) is 24.1 Å². The summed E-state index contributed by atoms with van der Waals surface area (Å²) in [5, 5.41) is 0. The predicted molar refractivity (Wildman–Crippen MR) is 100 cm³/mol. The van der Waals surface area contributed by atoms with E-state index in [1.165, 1.54) is 6.92 Å². The highest BCUT2D eigenvalue weighted by molar-refractivity contribution is 7.91. The molecule has 0 saturated carbocycles. The number of rotatable bonds is 6. The Morgan fingerprint density at radius 3 is 2.30 bits per heavy atom. The lowest BCUT2D eigenvalue weighted by Crippen LogP contribution is -2.53. The Labute approximate surface area is 159 Å². The number of hydrogen-bond donors (Lipinski definition) is 0. The van der Waals surface area contributed by atoms with Crippen LogP contribution in [0.25, 0.3) is 0 Å². The second-order valence-corrected chi connectivity index (χ2v) is 9.37. The normalized spacial score (nSPS) is 22.0. The lowest BCUT2D eigenvalue weighted by molar-refractivity contribution is -0.136. The number of hydrogen-bond acceptors (Lipinski definition) is 5. The van der Waals surface area contributed by atoms with E-state index in [9.17, 15) is 22.8 Å². The van der Waals surface area contributed by atoms with Crippen LogP contribution >= 0.6 is 0 Å². The smallest absolute Gasteiger partial charge is 0.262 e. The van der Waals surface area contributed by atoms with Crippen molar-refractivity contribution >= 4 is 27.6 Å². The lowest BCUT2D eigenvalue weighted by atomic mass is 10.1. The second kappa shape index (κ2) is 7.42. The maximum absolute atomic E-state index is 13.2. The minimum absolute atomic E-state index is 0.0582. The first kappa shape index (κ1) is 19.5. The first-order chi connectivity index (χ1) is 12.8. The molecule has 1 aromatic rings. The average molecular weight is 392 g/mol. The summed E-state index contributed by atoms with van der Waals surface area (Å²) in [6.45, 7) is 3.94. The van der Waals surface area contributed by atoms with E-state index in [0.717, 1.165) is 17.7 Å². The Bertz CT molecular complexity index is 845. The zero-order valence-corrected chi connectivity index (χ0v) is 16.4. The molecule has 3 amide bonds. The standard InChI is InChI=1S/C19H24N2O5S/c1-3-4-10-20(14-9-11-27(25,26)12-14)17(22)13(2)21-18(23)15-7-5-6-8-16(15)19(21)24/h5-8,13-14H,3-4,9-12H2,1-2H3. The molecule has 1 saturated heterocycles. The molecule has 1 aromatic carbocycles. The maximum Gasteiger partial charge on any atom is 0.262 e. The molecule has 0 aromatic heterocycles. The summed E-state index contributed by atoms with van der Waals surface area (Å²) in [6.07, 6.45) is 1.98. The molecule has 2 aliphatic heterocycles. The second-order valence-electron chi connectivity index (χ2n) is 7.14. The minimum Gasteiger partial charge on any atom is -0.337 e.